The van der Waals surface area contributed by atoms with Gasteiger partial charge in [0.15, 0.2) is 0 Å². The fraction of sp³-hybridized carbons (Fsp3) is 0.261. The zero-order chi connectivity index (χ0) is 21.5. The number of nitrogens with two attached hydrogens (primary N) is 1. The number of carbonyl (C=O) groups excluding carboxylic acids is 1. The van der Waals surface area contributed by atoms with Gasteiger partial charge in [0.25, 0.3) is 11.5 Å². The molecule has 0 unspecified atom stereocenters. The van der Waals surface area contributed by atoms with E-state index < -0.39 is 0 Å². The van der Waals surface area contributed by atoms with E-state index in [1.165, 1.54) is 0 Å². The molecule has 0 aliphatic carbocycles. The number of aromatic amines is 2. The van der Waals surface area contributed by atoms with E-state index in [2.05, 4.69) is 26.8 Å². The molecule has 4 aromatic rings. The number of aromatic nitrogens is 3. The van der Waals surface area contributed by atoms with Crippen LogP contribution >= 0.6 is 0 Å². The number of nitrogens with one attached hydrogen (secondary N) is 2. The SMILES string of the molecule is CCN1CCN(C(=O)c2ccc3nc(-c4c(N)c5ccccc5[nH]c4=O)[nH]c3c2)CC1. The van der Waals surface area contributed by atoms with Crippen molar-refractivity contribution >= 4 is 33.5 Å². The van der Waals surface area contributed by atoms with E-state index >= 15 is 0 Å². The number of fused-ring (bicyclic) bond motifs is 2. The largest absolute Gasteiger partial charge is 0.397 e. The summed E-state index contributed by atoms with van der Waals surface area (Å²) in [5.74, 6) is 0.400. The first-order valence-corrected chi connectivity index (χ1v) is 10.5. The van der Waals surface area contributed by atoms with Crippen LogP contribution in [0.4, 0.5) is 5.69 Å². The molecule has 8 nitrogen and oxygen atoms in total. The molecule has 5 rings (SSSR count). The summed E-state index contributed by atoms with van der Waals surface area (Å²) in [4.78, 5) is 40.5. The van der Waals surface area contributed by atoms with Gasteiger partial charge in [-0.05, 0) is 30.8 Å². The van der Waals surface area contributed by atoms with E-state index in [-0.39, 0.29) is 11.5 Å². The average molecular weight is 416 g/mol. The molecule has 8 heteroatoms. The zero-order valence-corrected chi connectivity index (χ0v) is 17.3. The number of hydrogen-bond donors (Lipinski definition) is 3. The molecule has 4 N–H and O–H groups in total. The fourth-order valence-corrected chi connectivity index (χ4v) is 4.21. The molecular weight excluding hydrogens is 392 g/mol. The zero-order valence-electron chi connectivity index (χ0n) is 17.3. The molecule has 0 spiro atoms. The van der Waals surface area contributed by atoms with Gasteiger partial charge in [-0.1, -0.05) is 25.1 Å². The number of para-hydroxylation sites is 1. The lowest BCUT2D eigenvalue weighted by Crippen LogP contribution is -2.48. The summed E-state index contributed by atoms with van der Waals surface area (Å²) in [7, 11) is 0. The molecule has 2 aromatic heterocycles. The van der Waals surface area contributed by atoms with Gasteiger partial charge in [-0.3, -0.25) is 9.59 Å². The Morgan fingerprint density at radius 3 is 2.61 bits per heavy atom. The summed E-state index contributed by atoms with van der Waals surface area (Å²) in [5, 5.41) is 0.764. The van der Waals surface area contributed by atoms with Crippen molar-refractivity contribution in [1.82, 2.24) is 24.8 Å². The van der Waals surface area contributed by atoms with Crippen molar-refractivity contribution in [3.05, 3.63) is 58.4 Å². The Kier molecular flexibility index (Phi) is 4.71. The van der Waals surface area contributed by atoms with Gasteiger partial charge in [-0.15, -0.1) is 0 Å². The first kappa shape index (κ1) is 19.3. The first-order valence-electron chi connectivity index (χ1n) is 10.5. The maximum atomic E-state index is 13.0. The van der Waals surface area contributed by atoms with Gasteiger partial charge >= 0.3 is 0 Å². The summed E-state index contributed by atoms with van der Waals surface area (Å²) >= 11 is 0. The number of anilines is 1. The quantitative estimate of drug-likeness (QED) is 0.475. The standard InChI is InChI=1S/C23H24N6O2/c1-2-28-9-11-29(12-10-28)23(31)14-7-8-17-18(13-14)26-21(25-17)19-20(24)15-5-3-4-6-16(15)27-22(19)30/h3-8,13H,2,9-12H2,1H3,(H,25,26)(H3,24,27,30). The van der Waals surface area contributed by atoms with Crippen LogP contribution in [0.5, 0.6) is 0 Å². The molecule has 0 saturated carbocycles. The molecule has 31 heavy (non-hydrogen) atoms. The topological polar surface area (TPSA) is 111 Å². The molecule has 3 heterocycles. The Morgan fingerprint density at radius 2 is 1.84 bits per heavy atom. The predicted octanol–water partition coefficient (Wildman–Crippen LogP) is 2.43. The number of H-pyrrole nitrogens is 2. The summed E-state index contributed by atoms with van der Waals surface area (Å²) in [6.45, 7) is 6.37. The highest BCUT2D eigenvalue weighted by molar-refractivity contribution is 5.99. The number of imidazole rings is 1. The summed E-state index contributed by atoms with van der Waals surface area (Å²) in [6.07, 6.45) is 0. The molecule has 2 aromatic carbocycles. The van der Waals surface area contributed by atoms with Crippen molar-refractivity contribution in [1.29, 1.82) is 0 Å². The number of nitrogens with zero attached hydrogens (tertiary/aromatic N) is 3. The minimum atomic E-state index is -0.305. The van der Waals surface area contributed by atoms with Crippen molar-refractivity contribution in [2.24, 2.45) is 0 Å². The lowest BCUT2D eigenvalue weighted by molar-refractivity contribution is 0.0643. The normalized spacial score (nSPS) is 15.1. The molecule has 1 fully saturated rings. The lowest BCUT2D eigenvalue weighted by atomic mass is 10.1. The van der Waals surface area contributed by atoms with Crippen LogP contribution < -0.4 is 11.3 Å². The van der Waals surface area contributed by atoms with E-state index in [4.69, 9.17) is 5.73 Å². The Labute approximate surface area is 178 Å². The predicted molar refractivity (Wildman–Crippen MR) is 122 cm³/mol. The number of benzene rings is 2. The number of likely N-dealkylation sites (N-methyl/N-ethyl adjacent to an activating group) is 1. The van der Waals surface area contributed by atoms with Gasteiger partial charge in [0.1, 0.15) is 11.4 Å². The Balaban J connectivity index is 1.50. The van der Waals surface area contributed by atoms with Gasteiger partial charge in [-0.2, -0.15) is 0 Å². The van der Waals surface area contributed by atoms with Crippen molar-refractivity contribution in [2.75, 3.05) is 38.5 Å². The molecule has 0 bridgehead atoms. The smallest absolute Gasteiger partial charge is 0.261 e. The van der Waals surface area contributed by atoms with E-state index in [9.17, 15) is 9.59 Å². The molecule has 1 aliphatic rings. The van der Waals surface area contributed by atoms with Crippen LogP contribution in [0, 0.1) is 0 Å². The maximum absolute atomic E-state index is 13.0. The number of nitrogen functional groups attached to an aromatic ring is 1. The van der Waals surface area contributed by atoms with Crippen molar-refractivity contribution in [2.45, 2.75) is 6.92 Å². The van der Waals surface area contributed by atoms with E-state index in [0.717, 1.165) is 38.1 Å². The van der Waals surface area contributed by atoms with Gasteiger partial charge < -0.3 is 25.5 Å². The molecule has 1 amide bonds. The summed E-state index contributed by atoms with van der Waals surface area (Å²) in [6, 6.07) is 12.8. The Bertz CT molecular complexity index is 1350. The molecule has 0 atom stereocenters. The average Bonchev–Trinajstić information content (AvgIpc) is 3.21. The second-order valence-corrected chi connectivity index (χ2v) is 7.83. The van der Waals surface area contributed by atoms with Crippen LogP contribution in [0.15, 0.2) is 47.3 Å². The molecule has 0 radical (unpaired) electrons. The third kappa shape index (κ3) is 3.34. The van der Waals surface area contributed by atoms with Crippen molar-refractivity contribution < 1.29 is 4.79 Å². The highest BCUT2D eigenvalue weighted by Crippen LogP contribution is 2.28. The highest BCUT2D eigenvalue weighted by Gasteiger charge is 2.22. The first-order chi connectivity index (χ1) is 15.0. The number of rotatable bonds is 3. The monoisotopic (exact) mass is 416 g/mol. The van der Waals surface area contributed by atoms with Gasteiger partial charge in [0, 0.05) is 37.1 Å². The van der Waals surface area contributed by atoms with Crippen molar-refractivity contribution in [3.8, 4) is 11.4 Å². The van der Waals surface area contributed by atoms with Crippen LogP contribution in [0.1, 0.15) is 17.3 Å². The van der Waals surface area contributed by atoms with Crippen LogP contribution in [0.3, 0.4) is 0 Å². The Hall–Kier alpha value is -3.65. The fourth-order valence-electron chi connectivity index (χ4n) is 4.21. The number of carbonyl (C=O) groups is 1. The number of piperazine rings is 1. The van der Waals surface area contributed by atoms with Gasteiger partial charge in [-0.25, -0.2) is 4.98 Å². The number of pyridine rings is 1. The number of amides is 1. The summed E-state index contributed by atoms with van der Waals surface area (Å²) in [5.41, 5.74) is 9.36. The van der Waals surface area contributed by atoms with Crippen LogP contribution in [-0.2, 0) is 0 Å². The van der Waals surface area contributed by atoms with Crippen molar-refractivity contribution in [3.63, 3.8) is 0 Å². The third-order valence-electron chi connectivity index (χ3n) is 6.03. The van der Waals surface area contributed by atoms with Crippen LogP contribution in [0.2, 0.25) is 0 Å². The van der Waals surface area contributed by atoms with E-state index in [1.807, 2.05) is 29.2 Å². The van der Waals surface area contributed by atoms with E-state index in [1.54, 1.807) is 18.2 Å². The van der Waals surface area contributed by atoms with Crippen LogP contribution in [0.25, 0.3) is 33.3 Å². The molecular formula is C23H24N6O2. The van der Waals surface area contributed by atoms with Crippen LogP contribution in [-0.4, -0.2) is 63.4 Å². The summed E-state index contributed by atoms with van der Waals surface area (Å²) < 4.78 is 0. The minimum Gasteiger partial charge on any atom is -0.397 e. The van der Waals surface area contributed by atoms with E-state index in [0.29, 0.717) is 39.2 Å². The molecule has 1 saturated heterocycles. The lowest BCUT2D eigenvalue weighted by Gasteiger charge is -2.34. The third-order valence-corrected chi connectivity index (χ3v) is 6.03. The Morgan fingerprint density at radius 1 is 1.06 bits per heavy atom. The van der Waals surface area contributed by atoms with Gasteiger partial charge in [0.2, 0.25) is 0 Å². The molecule has 1 aliphatic heterocycles. The minimum absolute atomic E-state index is 0.0110. The highest BCUT2D eigenvalue weighted by atomic mass is 16.2. The maximum Gasteiger partial charge on any atom is 0.261 e. The molecule has 158 valence electrons. The second-order valence-electron chi connectivity index (χ2n) is 7.83. The van der Waals surface area contributed by atoms with Gasteiger partial charge in [0.05, 0.1) is 22.2 Å². The number of hydrogen-bond acceptors (Lipinski definition) is 5. The second kappa shape index (κ2) is 7.55.